The zero-order valence-corrected chi connectivity index (χ0v) is 24.1. The number of aromatic nitrogens is 1. The number of anilines is 1. The van der Waals surface area contributed by atoms with Crippen LogP contribution in [0.3, 0.4) is 0 Å². The molecule has 2 aromatic carbocycles. The Morgan fingerprint density at radius 3 is 2.14 bits per heavy atom. The monoisotopic (exact) mass is 546 g/mol. The fraction of sp³-hybridized carbons (Fsp3) is 0.481. The van der Waals surface area contributed by atoms with Crippen LogP contribution in [-0.4, -0.2) is 74.9 Å². The molecule has 0 aliphatic rings. The molecule has 3 aromatic rings. The summed E-state index contributed by atoms with van der Waals surface area (Å²) in [5.41, 5.74) is 1.14. The van der Waals surface area contributed by atoms with E-state index >= 15 is 0 Å². The summed E-state index contributed by atoms with van der Waals surface area (Å²) < 4.78 is 34.2. The molecule has 0 unspecified atom stereocenters. The summed E-state index contributed by atoms with van der Waals surface area (Å²) in [4.78, 5) is 22.6. The average molecular weight is 547 g/mol. The maximum absolute atomic E-state index is 13.7. The molecule has 0 saturated carbocycles. The lowest BCUT2D eigenvalue weighted by Gasteiger charge is -2.25. The van der Waals surface area contributed by atoms with Crippen molar-refractivity contribution in [3.63, 3.8) is 0 Å². The summed E-state index contributed by atoms with van der Waals surface area (Å²) in [5.74, 6) is 0.447. The highest BCUT2D eigenvalue weighted by Crippen LogP contribution is 2.34. The Balaban J connectivity index is 1.95. The number of nitrogens with zero attached hydrogens (tertiary/aromatic N) is 4. The van der Waals surface area contributed by atoms with Crippen LogP contribution in [0.2, 0.25) is 0 Å². The van der Waals surface area contributed by atoms with Gasteiger partial charge in [0, 0.05) is 31.7 Å². The van der Waals surface area contributed by atoms with Gasteiger partial charge >= 0.3 is 0 Å². The van der Waals surface area contributed by atoms with Gasteiger partial charge in [-0.2, -0.15) is 4.31 Å². The number of carbonyl (C=O) groups is 1. The van der Waals surface area contributed by atoms with Crippen molar-refractivity contribution in [2.75, 3.05) is 51.3 Å². The summed E-state index contributed by atoms with van der Waals surface area (Å²) in [6, 6.07) is 12.0. The van der Waals surface area contributed by atoms with Crippen molar-refractivity contribution in [2.45, 2.75) is 45.4 Å². The Kier molecular flexibility index (Phi) is 10.5. The minimum atomic E-state index is -3.62. The minimum absolute atomic E-state index is 0.199. The van der Waals surface area contributed by atoms with Gasteiger partial charge < -0.3 is 9.64 Å². The molecule has 1 amide bonds. The number of likely N-dealkylation sites (N-methyl/N-ethyl adjacent to an activating group) is 1. The summed E-state index contributed by atoms with van der Waals surface area (Å²) in [7, 11) is -2.01. The van der Waals surface area contributed by atoms with E-state index in [1.165, 1.54) is 27.8 Å². The van der Waals surface area contributed by atoms with Crippen LogP contribution in [0, 0.1) is 0 Å². The van der Waals surface area contributed by atoms with Gasteiger partial charge in [-0.05, 0) is 62.3 Å². The molecule has 0 fully saturated rings. The van der Waals surface area contributed by atoms with Crippen LogP contribution in [0.25, 0.3) is 10.2 Å². The van der Waals surface area contributed by atoms with Gasteiger partial charge in [-0.25, -0.2) is 13.4 Å². The molecule has 0 aliphatic heterocycles. The predicted octanol–water partition coefficient (Wildman–Crippen LogP) is 5.10. The van der Waals surface area contributed by atoms with Crippen molar-refractivity contribution >= 4 is 42.6 Å². The Morgan fingerprint density at radius 2 is 1.57 bits per heavy atom. The maximum Gasteiger partial charge on any atom is 0.260 e. The van der Waals surface area contributed by atoms with Gasteiger partial charge in [0.25, 0.3) is 5.91 Å². The van der Waals surface area contributed by atoms with Crippen LogP contribution in [0.4, 0.5) is 5.13 Å². The van der Waals surface area contributed by atoms with Gasteiger partial charge in [-0.15, -0.1) is 0 Å². The molecule has 0 atom stereocenters. The zero-order chi connectivity index (χ0) is 27.0. The van der Waals surface area contributed by atoms with Crippen LogP contribution >= 0.6 is 11.3 Å². The lowest BCUT2D eigenvalue weighted by molar-refractivity contribution is 0.0983. The van der Waals surface area contributed by atoms with E-state index in [0.29, 0.717) is 42.6 Å². The molecule has 1 heterocycles. The standard InChI is InChI=1S/C27H38N4O4S2/c1-6-17-30(18-7-2)37(33,34)22-15-13-21(14-16-22)26(32)31(20-19-29(8-3)9-4)27-28-25-23(35-5)11-10-12-24(25)36-27/h10-16H,6-9,17-20H2,1-5H3. The molecule has 10 heteroatoms. The topological polar surface area (TPSA) is 83.1 Å². The molecule has 0 N–H and O–H groups in total. The summed E-state index contributed by atoms with van der Waals surface area (Å²) in [6.45, 7) is 12.0. The van der Waals surface area contributed by atoms with Gasteiger partial charge in [0.1, 0.15) is 11.3 Å². The molecule has 0 saturated heterocycles. The molecular weight excluding hydrogens is 508 g/mol. The molecule has 0 spiro atoms. The Bertz CT molecular complexity index is 1270. The minimum Gasteiger partial charge on any atom is -0.494 e. The number of sulfonamides is 1. The second-order valence-corrected chi connectivity index (χ2v) is 11.7. The smallest absolute Gasteiger partial charge is 0.260 e. The van der Waals surface area contributed by atoms with Gasteiger partial charge in [0.2, 0.25) is 10.0 Å². The zero-order valence-electron chi connectivity index (χ0n) is 22.4. The lowest BCUT2D eigenvalue weighted by atomic mass is 10.2. The van der Waals surface area contributed by atoms with E-state index in [9.17, 15) is 13.2 Å². The third-order valence-corrected chi connectivity index (χ3v) is 9.24. The highest BCUT2D eigenvalue weighted by Gasteiger charge is 2.26. The van der Waals surface area contributed by atoms with Gasteiger partial charge in [-0.3, -0.25) is 9.69 Å². The lowest BCUT2D eigenvalue weighted by Crippen LogP contribution is -2.39. The van der Waals surface area contributed by atoms with E-state index in [4.69, 9.17) is 9.72 Å². The number of ether oxygens (including phenoxy) is 1. The quantitative estimate of drug-likeness (QED) is 0.280. The number of hydrogen-bond donors (Lipinski definition) is 0. The molecule has 0 bridgehead atoms. The predicted molar refractivity (Wildman–Crippen MR) is 151 cm³/mol. The first-order valence-electron chi connectivity index (χ1n) is 12.9. The van der Waals surface area contributed by atoms with E-state index in [-0.39, 0.29) is 10.8 Å². The number of thiazole rings is 1. The number of carbonyl (C=O) groups excluding carboxylic acids is 1. The largest absolute Gasteiger partial charge is 0.494 e. The normalized spacial score (nSPS) is 12.0. The molecule has 0 radical (unpaired) electrons. The van der Waals surface area contributed by atoms with Gasteiger partial charge in [-0.1, -0.05) is 45.1 Å². The second kappa shape index (κ2) is 13.3. The Hall–Kier alpha value is -2.53. The highest BCUT2D eigenvalue weighted by atomic mass is 32.2. The van der Waals surface area contributed by atoms with Crippen molar-refractivity contribution in [2.24, 2.45) is 0 Å². The fourth-order valence-electron chi connectivity index (χ4n) is 4.18. The Labute approximate surface area is 224 Å². The summed E-state index contributed by atoms with van der Waals surface area (Å²) in [5, 5.41) is 0.588. The van der Waals surface area contributed by atoms with Crippen molar-refractivity contribution < 1.29 is 17.9 Å². The summed E-state index contributed by atoms with van der Waals surface area (Å²) >= 11 is 1.44. The van der Waals surface area contributed by atoms with Crippen LogP contribution in [0.1, 0.15) is 50.9 Å². The van der Waals surface area contributed by atoms with Crippen molar-refractivity contribution in [3.05, 3.63) is 48.0 Å². The van der Waals surface area contributed by atoms with Crippen molar-refractivity contribution in [1.82, 2.24) is 14.2 Å². The van der Waals surface area contributed by atoms with Crippen LogP contribution in [0.5, 0.6) is 5.75 Å². The SMILES string of the molecule is CCCN(CCC)S(=O)(=O)c1ccc(C(=O)N(CCN(CC)CC)c2nc3c(OC)cccc3s2)cc1. The molecule has 0 aliphatic carbocycles. The van der Waals surface area contributed by atoms with Crippen LogP contribution in [-0.2, 0) is 10.0 Å². The van der Waals surface area contributed by atoms with Crippen molar-refractivity contribution in [1.29, 1.82) is 0 Å². The highest BCUT2D eigenvalue weighted by molar-refractivity contribution is 7.89. The molecule has 3 rings (SSSR count). The third-order valence-electron chi connectivity index (χ3n) is 6.29. The number of rotatable bonds is 14. The second-order valence-electron chi connectivity index (χ2n) is 8.72. The van der Waals surface area contributed by atoms with Crippen molar-refractivity contribution in [3.8, 4) is 5.75 Å². The first-order valence-corrected chi connectivity index (χ1v) is 15.1. The van der Waals surface area contributed by atoms with Crippen LogP contribution < -0.4 is 9.64 Å². The number of methoxy groups -OCH3 is 1. The fourth-order valence-corrected chi connectivity index (χ4v) is 6.81. The number of para-hydroxylation sites is 1. The number of fused-ring (bicyclic) bond motifs is 1. The molecule has 8 nitrogen and oxygen atoms in total. The van der Waals surface area contributed by atoms with E-state index < -0.39 is 10.0 Å². The number of hydrogen-bond acceptors (Lipinski definition) is 7. The number of benzene rings is 2. The van der Waals surface area contributed by atoms with Crippen LogP contribution in [0.15, 0.2) is 47.4 Å². The maximum atomic E-state index is 13.7. The first kappa shape index (κ1) is 29.0. The van der Waals surface area contributed by atoms with E-state index in [1.54, 1.807) is 24.1 Å². The molecule has 202 valence electrons. The van der Waals surface area contributed by atoms with E-state index in [0.717, 1.165) is 36.1 Å². The molecule has 37 heavy (non-hydrogen) atoms. The Morgan fingerprint density at radius 1 is 0.919 bits per heavy atom. The average Bonchev–Trinajstić information content (AvgIpc) is 3.35. The summed E-state index contributed by atoms with van der Waals surface area (Å²) in [6.07, 6.45) is 1.48. The van der Waals surface area contributed by atoms with Gasteiger partial charge in [0.05, 0.1) is 16.7 Å². The molecule has 1 aromatic heterocycles. The number of amides is 1. The van der Waals surface area contributed by atoms with Gasteiger partial charge in [0.15, 0.2) is 5.13 Å². The van der Waals surface area contributed by atoms with E-state index in [1.807, 2.05) is 32.0 Å². The molecular formula is C27H38N4O4S2. The third kappa shape index (κ3) is 6.67. The van der Waals surface area contributed by atoms with E-state index in [2.05, 4.69) is 18.7 Å². The first-order chi connectivity index (χ1) is 17.8.